The summed E-state index contributed by atoms with van der Waals surface area (Å²) in [5.41, 5.74) is 6.35. The minimum Gasteiger partial charge on any atom is -0.497 e. The number of amides is 1. The molecule has 1 aliphatic rings. The summed E-state index contributed by atoms with van der Waals surface area (Å²) in [7, 11) is 1.69. The number of methoxy groups -OCH3 is 1. The molecule has 0 unspecified atom stereocenters. The number of carbonyl (C=O) groups is 1. The summed E-state index contributed by atoms with van der Waals surface area (Å²) in [5, 5.41) is 3.23. The quantitative estimate of drug-likeness (QED) is 0.876. The Morgan fingerprint density at radius 3 is 2.76 bits per heavy atom. The van der Waals surface area contributed by atoms with E-state index in [1.165, 1.54) is 27.8 Å². The van der Waals surface area contributed by atoms with Gasteiger partial charge in [-0.2, -0.15) is 0 Å². The van der Waals surface area contributed by atoms with E-state index in [1.54, 1.807) is 7.11 Å². The van der Waals surface area contributed by atoms with Crippen molar-refractivity contribution in [3.8, 4) is 5.75 Å². The molecule has 3 heteroatoms. The van der Waals surface area contributed by atoms with E-state index >= 15 is 0 Å². The monoisotopic (exact) mass is 337 g/mol. The van der Waals surface area contributed by atoms with Crippen LogP contribution in [0, 0.1) is 13.8 Å². The maximum absolute atomic E-state index is 12.4. The van der Waals surface area contributed by atoms with Crippen molar-refractivity contribution in [2.75, 3.05) is 7.11 Å². The maximum Gasteiger partial charge on any atom is 0.220 e. The van der Waals surface area contributed by atoms with Crippen LogP contribution >= 0.6 is 0 Å². The van der Waals surface area contributed by atoms with Crippen LogP contribution in [0.4, 0.5) is 0 Å². The molecule has 2 aromatic rings. The highest BCUT2D eigenvalue weighted by Crippen LogP contribution is 2.32. The minimum atomic E-state index is 0.127. The Morgan fingerprint density at radius 2 is 2.00 bits per heavy atom. The maximum atomic E-state index is 12.4. The van der Waals surface area contributed by atoms with Crippen molar-refractivity contribution in [1.29, 1.82) is 0 Å². The van der Waals surface area contributed by atoms with E-state index in [2.05, 4.69) is 49.5 Å². The molecule has 0 spiro atoms. The second kappa shape index (κ2) is 7.73. The third-order valence-corrected chi connectivity index (χ3v) is 5.21. The predicted octanol–water partition coefficient (Wildman–Crippen LogP) is 4.44. The van der Waals surface area contributed by atoms with Crippen LogP contribution < -0.4 is 10.1 Å². The van der Waals surface area contributed by atoms with E-state index in [9.17, 15) is 4.79 Å². The fourth-order valence-corrected chi connectivity index (χ4v) is 3.55. The topological polar surface area (TPSA) is 38.3 Å². The molecule has 0 saturated heterocycles. The summed E-state index contributed by atoms with van der Waals surface area (Å²) < 4.78 is 5.31. The van der Waals surface area contributed by atoms with Crippen molar-refractivity contribution >= 4 is 5.91 Å². The number of nitrogens with one attached hydrogen (secondary N) is 1. The summed E-state index contributed by atoms with van der Waals surface area (Å²) in [6.07, 6.45) is 4.48. The Balaban J connectivity index is 1.61. The molecule has 3 rings (SSSR count). The molecule has 0 heterocycles. The first-order valence-electron chi connectivity index (χ1n) is 9.09. The van der Waals surface area contributed by atoms with Crippen LogP contribution in [-0.2, 0) is 17.6 Å². The fraction of sp³-hybridized carbons (Fsp3) is 0.409. The van der Waals surface area contributed by atoms with Gasteiger partial charge in [0.25, 0.3) is 0 Å². The third-order valence-electron chi connectivity index (χ3n) is 5.21. The lowest BCUT2D eigenvalue weighted by molar-refractivity contribution is -0.121. The van der Waals surface area contributed by atoms with E-state index in [4.69, 9.17) is 4.74 Å². The van der Waals surface area contributed by atoms with E-state index in [1.807, 2.05) is 6.07 Å². The molecule has 25 heavy (non-hydrogen) atoms. The van der Waals surface area contributed by atoms with Gasteiger partial charge in [-0.15, -0.1) is 0 Å². The number of fused-ring (bicyclic) bond motifs is 1. The zero-order chi connectivity index (χ0) is 17.8. The number of ether oxygens (including phenoxy) is 1. The number of carbonyl (C=O) groups excluding carboxylic acids is 1. The van der Waals surface area contributed by atoms with E-state index in [0.29, 0.717) is 6.42 Å². The van der Waals surface area contributed by atoms with Gasteiger partial charge in [0.1, 0.15) is 5.75 Å². The third kappa shape index (κ3) is 4.22. The Kier molecular flexibility index (Phi) is 5.42. The molecule has 0 saturated carbocycles. The smallest absolute Gasteiger partial charge is 0.220 e. The molecule has 0 radical (unpaired) electrons. The molecule has 1 amide bonds. The Hall–Kier alpha value is -2.29. The van der Waals surface area contributed by atoms with Gasteiger partial charge in [-0.25, -0.2) is 0 Å². The lowest BCUT2D eigenvalue weighted by Gasteiger charge is -2.27. The summed E-state index contributed by atoms with van der Waals surface area (Å²) in [6.45, 7) is 4.23. The molecule has 132 valence electrons. The second-order valence-electron chi connectivity index (χ2n) is 7.00. The van der Waals surface area contributed by atoms with Crippen molar-refractivity contribution < 1.29 is 9.53 Å². The average Bonchev–Trinajstić information content (AvgIpc) is 2.62. The van der Waals surface area contributed by atoms with Gasteiger partial charge < -0.3 is 10.1 Å². The van der Waals surface area contributed by atoms with Crippen molar-refractivity contribution in [3.63, 3.8) is 0 Å². The van der Waals surface area contributed by atoms with Gasteiger partial charge in [-0.05, 0) is 79.5 Å². The van der Waals surface area contributed by atoms with Crippen LogP contribution in [-0.4, -0.2) is 13.0 Å². The molecule has 0 bridgehead atoms. The van der Waals surface area contributed by atoms with Crippen LogP contribution in [0.1, 0.15) is 53.1 Å². The van der Waals surface area contributed by atoms with Gasteiger partial charge >= 0.3 is 0 Å². The van der Waals surface area contributed by atoms with Gasteiger partial charge in [0.05, 0.1) is 13.2 Å². The zero-order valence-corrected chi connectivity index (χ0v) is 15.4. The van der Waals surface area contributed by atoms with Crippen LogP contribution in [0.5, 0.6) is 5.75 Å². The average molecular weight is 337 g/mol. The lowest BCUT2D eigenvalue weighted by Crippen LogP contribution is -2.31. The summed E-state index contributed by atoms with van der Waals surface area (Å²) in [5.74, 6) is 1.02. The van der Waals surface area contributed by atoms with Crippen molar-refractivity contribution in [1.82, 2.24) is 5.32 Å². The highest BCUT2D eigenvalue weighted by molar-refractivity contribution is 5.76. The number of hydrogen-bond donors (Lipinski definition) is 1. The summed E-state index contributed by atoms with van der Waals surface area (Å²) in [4.78, 5) is 12.4. The van der Waals surface area contributed by atoms with Gasteiger partial charge in [-0.3, -0.25) is 4.79 Å². The number of rotatable bonds is 5. The standard InChI is InChI=1S/C22H27NO2/c1-15-7-8-17(13-16(15)2)9-12-22(24)23-21-6-4-5-18-14-19(25-3)10-11-20(18)21/h7-8,10-11,13-14,21H,4-6,9,12H2,1-3H3,(H,23,24)/t21-/m0/s1. The molecule has 1 atom stereocenters. The first kappa shape index (κ1) is 17.5. The van der Waals surface area contributed by atoms with Crippen LogP contribution in [0.3, 0.4) is 0 Å². The van der Waals surface area contributed by atoms with Gasteiger partial charge in [0.15, 0.2) is 0 Å². The highest BCUT2D eigenvalue weighted by atomic mass is 16.5. The van der Waals surface area contributed by atoms with Gasteiger partial charge in [-0.1, -0.05) is 24.3 Å². The SMILES string of the molecule is COc1ccc2c(c1)CCC[C@@H]2NC(=O)CCc1ccc(C)c(C)c1. The molecule has 0 aliphatic heterocycles. The lowest BCUT2D eigenvalue weighted by atomic mass is 9.87. The Labute approximate surface area is 150 Å². The molecule has 1 aliphatic carbocycles. The van der Waals surface area contributed by atoms with E-state index < -0.39 is 0 Å². The fourth-order valence-electron chi connectivity index (χ4n) is 3.55. The number of benzene rings is 2. The molecule has 2 aromatic carbocycles. The van der Waals surface area contributed by atoms with Crippen LogP contribution in [0.2, 0.25) is 0 Å². The molecule has 1 N–H and O–H groups in total. The number of aryl methyl sites for hydroxylation is 4. The zero-order valence-electron chi connectivity index (χ0n) is 15.4. The van der Waals surface area contributed by atoms with Crippen LogP contribution in [0.15, 0.2) is 36.4 Å². The highest BCUT2D eigenvalue weighted by Gasteiger charge is 2.22. The molecule has 0 aromatic heterocycles. The Bertz CT molecular complexity index is 767. The molecular weight excluding hydrogens is 310 g/mol. The molecular formula is C22H27NO2. The van der Waals surface area contributed by atoms with E-state index in [-0.39, 0.29) is 11.9 Å². The van der Waals surface area contributed by atoms with E-state index in [0.717, 1.165) is 31.4 Å². The second-order valence-corrected chi connectivity index (χ2v) is 7.00. The first-order chi connectivity index (χ1) is 12.1. The largest absolute Gasteiger partial charge is 0.497 e. The van der Waals surface area contributed by atoms with Crippen molar-refractivity contribution in [2.24, 2.45) is 0 Å². The van der Waals surface area contributed by atoms with Crippen LogP contribution in [0.25, 0.3) is 0 Å². The van der Waals surface area contributed by atoms with Crippen molar-refractivity contribution in [3.05, 3.63) is 64.2 Å². The molecule has 0 fully saturated rings. The summed E-state index contributed by atoms with van der Waals surface area (Å²) >= 11 is 0. The molecule has 3 nitrogen and oxygen atoms in total. The van der Waals surface area contributed by atoms with Crippen molar-refractivity contribution in [2.45, 2.75) is 52.0 Å². The minimum absolute atomic E-state index is 0.127. The van der Waals surface area contributed by atoms with Gasteiger partial charge in [0.2, 0.25) is 5.91 Å². The summed E-state index contributed by atoms with van der Waals surface area (Å²) in [6, 6.07) is 12.8. The first-order valence-corrected chi connectivity index (χ1v) is 9.09. The Morgan fingerprint density at radius 1 is 1.16 bits per heavy atom. The normalized spacial score (nSPS) is 16.2. The predicted molar refractivity (Wildman–Crippen MR) is 101 cm³/mol. The van der Waals surface area contributed by atoms with Gasteiger partial charge in [0, 0.05) is 6.42 Å². The number of hydrogen-bond acceptors (Lipinski definition) is 2.